The third-order valence-corrected chi connectivity index (χ3v) is 4.16. The van der Waals surface area contributed by atoms with E-state index in [-0.39, 0.29) is 12.4 Å². The molecule has 3 aliphatic rings. The van der Waals surface area contributed by atoms with Crippen molar-refractivity contribution in [3.63, 3.8) is 0 Å². The lowest BCUT2D eigenvalue weighted by molar-refractivity contribution is -0.0572. The molecule has 3 rings (SSSR count). The van der Waals surface area contributed by atoms with Gasteiger partial charge in [-0.3, -0.25) is 4.90 Å². The summed E-state index contributed by atoms with van der Waals surface area (Å²) in [5.41, 5.74) is 0. The standard InChI is InChI=1S/C12H21NO.ClH/c1-2-4-10(5-3-1)13-8-11-6-7-12(9-13)14-11;/h10-12H,1-9H2;1H. The van der Waals surface area contributed by atoms with Crippen LogP contribution in [0.2, 0.25) is 0 Å². The summed E-state index contributed by atoms with van der Waals surface area (Å²) >= 11 is 0. The number of nitrogens with zero attached hydrogens (tertiary/aromatic N) is 1. The van der Waals surface area contributed by atoms with E-state index in [4.69, 9.17) is 4.74 Å². The average Bonchev–Trinajstić information content (AvgIpc) is 2.59. The maximum atomic E-state index is 5.88. The lowest BCUT2D eigenvalue weighted by Gasteiger charge is -2.39. The fourth-order valence-corrected chi connectivity index (χ4v) is 3.39. The number of rotatable bonds is 1. The first kappa shape index (κ1) is 11.7. The highest BCUT2D eigenvalue weighted by Gasteiger charge is 2.36. The van der Waals surface area contributed by atoms with Gasteiger partial charge in [-0.1, -0.05) is 19.3 Å². The van der Waals surface area contributed by atoms with Crippen molar-refractivity contribution in [2.75, 3.05) is 13.1 Å². The Kier molecular flexibility index (Phi) is 3.92. The summed E-state index contributed by atoms with van der Waals surface area (Å²) in [5.74, 6) is 0. The molecule has 2 saturated heterocycles. The Morgan fingerprint density at radius 1 is 0.800 bits per heavy atom. The molecule has 2 atom stereocenters. The minimum atomic E-state index is 0. The molecule has 2 nitrogen and oxygen atoms in total. The summed E-state index contributed by atoms with van der Waals surface area (Å²) in [6.45, 7) is 2.45. The topological polar surface area (TPSA) is 12.5 Å². The van der Waals surface area contributed by atoms with Crippen molar-refractivity contribution in [3.05, 3.63) is 0 Å². The zero-order chi connectivity index (χ0) is 9.38. The molecule has 2 bridgehead atoms. The Morgan fingerprint density at radius 3 is 2.00 bits per heavy atom. The summed E-state index contributed by atoms with van der Waals surface area (Å²) in [6.07, 6.45) is 11.1. The van der Waals surface area contributed by atoms with E-state index in [1.54, 1.807) is 0 Å². The van der Waals surface area contributed by atoms with Gasteiger partial charge in [-0.25, -0.2) is 0 Å². The highest BCUT2D eigenvalue weighted by atomic mass is 35.5. The van der Waals surface area contributed by atoms with Gasteiger partial charge < -0.3 is 4.74 Å². The number of ether oxygens (including phenoxy) is 1. The third kappa shape index (κ3) is 2.48. The summed E-state index contributed by atoms with van der Waals surface area (Å²) < 4.78 is 5.88. The molecule has 2 unspecified atom stereocenters. The first-order chi connectivity index (χ1) is 6.92. The smallest absolute Gasteiger partial charge is 0.0707 e. The molecule has 1 aliphatic carbocycles. The Morgan fingerprint density at radius 2 is 1.40 bits per heavy atom. The summed E-state index contributed by atoms with van der Waals surface area (Å²) in [7, 11) is 0. The Bertz CT molecular complexity index is 194. The molecular formula is C12H22ClNO. The van der Waals surface area contributed by atoms with E-state index in [0.717, 1.165) is 6.04 Å². The van der Waals surface area contributed by atoms with Gasteiger partial charge in [0.15, 0.2) is 0 Å². The quantitative estimate of drug-likeness (QED) is 0.688. The van der Waals surface area contributed by atoms with Crippen LogP contribution >= 0.6 is 12.4 Å². The third-order valence-electron chi connectivity index (χ3n) is 4.16. The van der Waals surface area contributed by atoms with Crippen LogP contribution in [0.1, 0.15) is 44.9 Å². The van der Waals surface area contributed by atoms with Gasteiger partial charge in [0.25, 0.3) is 0 Å². The van der Waals surface area contributed by atoms with Crippen LogP contribution in [0.15, 0.2) is 0 Å². The second-order valence-electron chi connectivity index (χ2n) is 5.20. The van der Waals surface area contributed by atoms with Crippen molar-refractivity contribution in [1.82, 2.24) is 4.90 Å². The first-order valence-corrected chi connectivity index (χ1v) is 6.31. The molecule has 0 aromatic heterocycles. The van der Waals surface area contributed by atoms with Gasteiger partial charge in [0.05, 0.1) is 12.2 Å². The second kappa shape index (κ2) is 5.03. The van der Waals surface area contributed by atoms with E-state index < -0.39 is 0 Å². The van der Waals surface area contributed by atoms with Crippen molar-refractivity contribution in [2.24, 2.45) is 0 Å². The molecule has 0 radical (unpaired) electrons. The summed E-state index contributed by atoms with van der Waals surface area (Å²) in [6, 6.07) is 0.899. The normalized spacial score (nSPS) is 37.6. The van der Waals surface area contributed by atoms with Gasteiger partial charge in [-0.15, -0.1) is 12.4 Å². The SMILES string of the molecule is C1CCC(N2CC3CCC(C2)O3)CC1.Cl. The van der Waals surface area contributed by atoms with Gasteiger partial charge in [-0.05, 0) is 25.7 Å². The van der Waals surface area contributed by atoms with Gasteiger partial charge >= 0.3 is 0 Å². The van der Waals surface area contributed by atoms with Gasteiger partial charge in [-0.2, -0.15) is 0 Å². The highest BCUT2D eigenvalue weighted by molar-refractivity contribution is 5.85. The monoisotopic (exact) mass is 231 g/mol. The van der Waals surface area contributed by atoms with E-state index in [9.17, 15) is 0 Å². The van der Waals surface area contributed by atoms with Crippen LogP contribution in [0.4, 0.5) is 0 Å². The molecule has 15 heavy (non-hydrogen) atoms. The zero-order valence-electron chi connectivity index (χ0n) is 9.36. The summed E-state index contributed by atoms with van der Waals surface area (Å²) in [5, 5.41) is 0. The van der Waals surface area contributed by atoms with Gasteiger partial charge in [0.1, 0.15) is 0 Å². The van der Waals surface area contributed by atoms with Crippen LogP contribution in [0.25, 0.3) is 0 Å². The molecule has 3 fully saturated rings. The highest BCUT2D eigenvalue weighted by Crippen LogP contribution is 2.31. The lowest BCUT2D eigenvalue weighted by Crippen LogP contribution is -2.48. The molecular weight excluding hydrogens is 210 g/mol. The van der Waals surface area contributed by atoms with Crippen LogP contribution in [-0.2, 0) is 4.74 Å². The van der Waals surface area contributed by atoms with E-state index in [1.807, 2.05) is 0 Å². The molecule has 0 aromatic carbocycles. The average molecular weight is 232 g/mol. The fraction of sp³-hybridized carbons (Fsp3) is 1.00. The Hall–Kier alpha value is 0.210. The van der Waals surface area contributed by atoms with Crippen molar-refractivity contribution in [2.45, 2.75) is 63.2 Å². The van der Waals surface area contributed by atoms with Crippen LogP contribution in [0.5, 0.6) is 0 Å². The fourth-order valence-electron chi connectivity index (χ4n) is 3.39. The van der Waals surface area contributed by atoms with Crippen molar-refractivity contribution in [3.8, 4) is 0 Å². The predicted octanol–water partition coefficient (Wildman–Crippen LogP) is 2.60. The van der Waals surface area contributed by atoms with E-state index >= 15 is 0 Å². The molecule has 0 aromatic rings. The summed E-state index contributed by atoms with van der Waals surface area (Å²) in [4.78, 5) is 2.73. The molecule has 3 heteroatoms. The first-order valence-electron chi connectivity index (χ1n) is 6.31. The Balaban J connectivity index is 0.000000853. The number of morpholine rings is 1. The van der Waals surface area contributed by atoms with Crippen LogP contribution in [0, 0.1) is 0 Å². The lowest BCUT2D eigenvalue weighted by atomic mass is 9.93. The maximum Gasteiger partial charge on any atom is 0.0707 e. The van der Waals surface area contributed by atoms with E-state index in [0.29, 0.717) is 12.2 Å². The second-order valence-corrected chi connectivity index (χ2v) is 5.20. The van der Waals surface area contributed by atoms with Crippen LogP contribution in [-0.4, -0.2) is 36.2 Å². The van der Waals surface area contributed by atoms with E-state index in [2.05, 4.69) is 4.90 Å². The van der Waals surface area contributed by atoms with Crippen molar-refractivity contribution < 1.29 is 4.74 Å². The van der Waals surface area contributed by atoms with Crippen LogP contribution in [0.3, 0.4) is 0 Å². The number of hydrogen-bond donors (Lipinski definition) is 0. The van der Waals surface area contributed by atoms with Gasteiger partial charge in [0, 0.05) is 19.1 Å². The number of likely N-dealkylation sites (tertiary alicyclic amines) is 1. The minimum Gasteiger partial charge on any atom is -0.372 e. The molecule has 2 heterocycles. The minimum absolute atomic E-state index is 0. The largest absolute Gasteiger partial charge is 0.372 e. The molecule has 1 saturated carbocycles. The number of halogens is 1. The molecule has 0 amide bonds. The van der Waals surface area contributed by atoms with Gasteiger partial charge in [0.2, 0.25) is 0 Å². The van der Waals surface area contributed by atoms with E-state index in [1.165, 1.54) is 58.0 Å². The maximum absolute atomic E-state index is 5.88. The molecule has 0 N–H and O–H groups in total. The number of fused-ring (bicyclic) bond motifs is 2. The molecule has 88 valence electrons. The molecule has 0 spiro atoms. The van der Waals surface area contributed by atoms with Crippen LogP contribution < -0.4 is 0 Å². The molecule has 2 aliphatic heterocycles. The predicted molar refractivity (Wildman–Crippen MR) is 63.6 cm³/mol. The zero-order valence-corrected chi connectivity index (χ0v) is 10.2. The van der Waals surface area contributed by atoms with Crippen molar-refractivity contribution >= 4 is 12.4 Å². The van der Waals surface area contributed by atoms with Crippen molar-refractivity contribution in [1.29, 1.82) is 0 Å². The number of hydrogen-bond acceptors (Lipinski definition) is 2. The Labute approximate surface area is 98.8 Å².